The zero-order valence-electron chi connectivity index (χ0n) is 15.3. The van der Waals surface area contributed by atoms with Crippen molar-refractivity contribution >= 4 is 34.4 Å². The summed E-state index contributed by atoms with van der Waals surface area (Å²) in [5.41, 5.74) is -0.0944. The summed E-state index contributed by atoms with van der Waals surface area (Å²) < 4.78 is 8.86. The van der Waals surface area contributed by atoms with Gasteiger partial charge in [-0.15, -0.1) is 0 Å². The van der Waals surface area contributed by atoms with Gasteiger partial charge >= 0.3 is 11.1 Å². The average molecular weight is 420 g/mol. The number of aromatic nitrogens is 3. The Hall–Kier alpha value is -2.31. The standard InChI is InChI=1S/C20H19Cl2N3O3/c1-24-17-10-13(22)11-23-18(17)25(20(27)19(24)26)14-5-7-15(8-6-14)28-16-4-2-3-12(21)9-16/h2-4,9-11,14-15H,5-8H2,1H3. The van der Waals surface area contributed by atoms with Gasteiger partial charge in [-0.1, -0.05) is 29.3 Å². The fourth-order valence-electron chi connectivity index (χ4n) is 3.80. The highest BCUT2D eigenvalue weighted by Gasteiger charge is 2.27. The lowest BCUT2D eigenvalue weighted by Crippen LogP contribution is -2.43. The average Bonchev–Trinajstić information content (AvgIpc) is 2.68. The van der Waals surface area contributed by atoms with Crippen LogP contribution in [0.3, 0.4) is 0 Å². The van der Waals surface area contributed by atoms with Gasteiger partial charge in [0.15, 0.2) is 5.65 Å². The van der Waals surface area contributed by atoms with Gasteiger partial charge in [-0.05, 0) is 49.9 Å². The van der Waals surface area contributed by atoms with E-state index in [4.69, 9.17) is 27.9 Å². The van der Waals surface area contributed by atoms with Crippen LogP contribution in [0.2, 0.25) is 10.0 Å². The molecule has 2 heterocycles. The van der Waals surface area contributed by atoms with Gasteiger partial charge in [0.25, 0.3) is 0 Å². The van der Waals surface area contributed by atoms with E-state index in [9.17, 15) is 9.59 Å². The number of hydrogen-bond acceptors (Lipinski definition) is 4. The highest BCUT2D eigenvalue weighted by Crippen LogP contribution is 2.32. The second kappa shape index (κ2) is 7.60. The Morgan fingerprint density at radius 1 is 1.04 bits per heavy atom. The van der Waals surface area contributed by atoms with E-state index in [1.54, 1.807) is 25.2 Å². The molecule has 0 aliphatic heterocycles. The molecule has 1 aliphatic rings. The molecule has 4 rings (SSSR count). The molecule has 0 bridgehead atoms. The van der Waals surface area contributed by atoms with Crippen LogP contribution in [-0.4, -0.2) is 20.2 Å². The number of benzene rings is 1. The number of fused-ring (bicyclic) bond motifs is 1. The zero-order valence-corrected chi connectivity index (χ0v) is 16.8. The minimum Gasteiger partial charge on any atom is -0.490 e. The molecule has 0 N–H and O–H groups in total. The van der Waals surface area contributed by atoms with Gasteiger partial charge in [-0.2, -0.15) is 0 Å². The molecule has 6 nitrogen and oxygen atoms in total. The lowest BCUT2D eigenvalue weighted by atomic mass is 9.92. The number of pyridine rings is 1. The van der Waals surface area contributed by atoms with Crippen LogP contribution < -0.4 is 15.9 Å². The Morgan fingerprint density at radius 2 is 1.79 bits per heavy atom. The summed E-state index contributed by atoms with van der Waals surface area (Å²) >= 11 is 12.0. The summed E-state index contributed by atoms with van der Waals surface area (Å²) in [7, 11) is 1.56. The molecular weight excluding hydrogens is 401 g/mol. The van der Waals surface area contributed by atoms with Crippen molar-refractivity contribution in [3.05, 3.63) is 67.3 Å². The fraction of sp³-hybridized carbons (Fsp3) is 0.350. The maximum atomic E-state index is 12.7. The highest BCUT2D eigenvalue weighted by molar-refractivity contribution is 6.31. The summed E-state index contributed by atoms with van der Waals surface area (Å²) in [4.78, 5) is 29.5. The minimum absolute atomic E-state index is 0.0469. The molecule has 0 unspecified atom stereocenters. The number of rotatable bonds is 3. The Morgan fingerprint density at radius 3 is 2.50 bits per heavy atom. The molecule has 0 radical (unpaired) electrons. The molecule has 8 heteroatoms. The van der Waals surface area contributed by atoms with Gasteiger partial charge in [0.2, 0.25) is 0 Å². The number of hydrogen-bond donors (Lipinski definition) is 0. The molecule has 3 aromatic rings. The Labute approximate surface area is 171 Å². The number of halogens is 2. The van der Waals surface area contributed by atoms with Gasteiger partial charge in [0, 0.05) is 24.3 Å². The van der Waals surface area contributed by atoms with Crippen molar-refractivity contribution in [2.45, 2.75) is 37.8 Å². The first-order chi connectivity index (χ1) is 13.4. The van der Waals surface area contributed by atoms with Gasteiger partial charge in [-0.3, -0.25) is 14.2 Å². The number of aryl methyl sites for hydroxylation is 1. The van der Waals surface area contributed by atoms with Crippen molar-refractivity contribution in [2.75, 3.05) is 0 Å². The highest BCUT2D eigenvalue weighted by atomic mass is 35.5. The predicted molar refractivity (Wildman–Crippen MR) is 110 cm³/mol. The van der Waals surface area contributed by atoms with Crippen LogP contribution >= 0.6 is 23.2 Å². The van der Waals surface area contributed by atoms with E-state index in [1.165, 1.54) is 15.3 Å². The van der Waals surface area contributed by atoms with Crippen molar-refractivity contribution in [3.63, 3.8) is 0 Å². The number of nitrogens with zero attached hydrogens (tertiary/aromatic N) is 3. The molecule has 0 atom stereocenters. The maximum Gasteiger partial charge on any atom is 0.318 e. The van der Waals surface area contributed by atoms with Crippen molar-refractivity contribution in [1.29, 1.82) is 0 Å². The van der Waals surface area contributed by atoms with Crippen LogP contribution in [0.5, 0.6) is 5.75 Å². The van der Waals surface area contributed by atoms with E-state index >= 15 is 0 Å². The smallest absolute Gasteiger partial charge is 0.318 e. The lowest BCUT2D eigenvalue weighted by Gasteiger charge is -2.30. The molecule has 1 aliphatic carbocycles. The van der Waals surface area contributed by atoms with Crippen LogP contribution in [0.15, 0.2) is 46.1 Å². The minimum atomic E-state index is -0.575. The predicted octanol–water partition coefficient (Wildman–Crippen LogP) is 3.96. The maximum absolute atomic E-state index is 12.7. The third-order valence-corrected chi connectivity index (χ3v) is 5.66. The van der Waals surface area contributed by atoms with E-state index in [0.29, 0.717) is 21.2 Å². The van der Waals surface area contributed by atoms with E-state index in [0.717, 1.165) is 31.4 Å². The Balaban J connectivity index is 1.61. The molecule has 2 aromatic heterocycles. The fourth-order valence-corrected chi connectivity index (χ4v) is 4.13. The summed E-state index contributed by atoms with van der Waals surface area (Å²) in [6, 6.07) is 8.89. The normalized spacial score (nSPS) is 19.7. The van der Waals surface area contributed by atoms with Crippen LogP contribution in [0, 0.1) is 0 Å². The molecule has 0 saturated heterocycles. The molecule has 1 aromatic carbocycles. The first-order valence-electron chi connectivity index (χ1n) is 9.13. The van der Waals surface area contributed by atoms with Crippen LogP contribution in [0.4, 0.5) is 0 Å². The molecule has 1 fully saturated rings. The monoisotopic (exact) mass is 419 g/mol. The summed E-state index contributed by atoms with van der Waals surface area (Å²) in [6.45, 7) is 0. The number of ether oxygens (including phenoxy) is 1. The van der Waals surface area contributed by atoms with E-state index < -0.39 is 11.1 Å². The van der Waals surface area contributed by atoms with Crippen molar-refractivity contribution in [1.82, 2.24) is 14.1 Å². The first kappa shape index (κ1) is 19.0. The first-order valence-corrected chi connectivity index (χ1v) is 9.88. The van der Waals surface area contributed by atoms with Crippen LogP contribution in [-0.2, 0) is 7.05 Å². The van der Waals surface area contributed by atoms with E-state index in [1.807, 2.05) is 12.1 Å². The zero-order chi connectivity index (χ0) is 19.8. The molecule has 0 spiro atoms. The lowest BCUT2D eigenvalue weighted by molar-refractivity contribution is 0.133. The second-order valence-electron chi connectivity index (χ2n) is 7.04. The Bertz CT molecular complexity index is 1150. The van der Waals surface area contributed by atoms with Crippen LogP contribution in [0.25, 0.3) is 11.2 Å². The van der Waals surface area contributed by atoms with Crippen LogP contribution in [0.1, 0.15) is 31.7 Å². The second-order valence-corrected chi connectivity index (χ2v) is 7.91. The van der Waals surface area contributed by atoms with E-state index in [2.05, 4.69) is 4.98 Å². The SMILES string of the molecule is Cn1c(=O)c(=O)n(C2CCC(Oc3cccc(Cl)c3)CC2)c2ncc(Cl)cc21. The third-order valence-electron chi connectivity index (χ3n) is 5.22. The van der Waals surface area contributed by atoms with Crippen molar-refractivity contribution < 1.29 is 4.74 Å². The van der Waals surface area contributed by atoms with Crippen molar-refractivity contribution in [2.24, 2.45) is 7.05 Å². The molecule has 28 heavy (non-hydrogen) atoms. The van der Waals surface area contributed by atoms with Gasteiger partial charge in [0.1, 0.15) is 5.75 Å². The van der Waals surface area contributed by atoms with Crippen molar-refractivity contribution in [3.8, 4) is 5.75 Å². The summed E-state index contributed by atoms with van der Waals surface area (Å²) in [6.07, 6.45) is 4.53. The molecule has 0 amide bonds. The molecular formula is C20H19Cl2N3O3. The quantitative estimate of drug-likeness (QED) is 0.602. The van der Waals surface area contributed by atoms with Gasteiger partial charge in [-0.25, -0.2) is 4.98 Å². The topological polar surface area (TPSA) is 66.1 Å². The van der Waals surface area contributed by atoms with Gasteiger partial charge in [0.05, 0.1) is 16.6 Å². The Kier molecular flexibility index (Phi) is 5.17. The summed E-state index contributed by atoms with van der Waals surface area (Å²) in [5.74, 6) is 0.739. The van der Waals surface area contributed by atoms with Gasteiger partial charge < -0.3 is 9.30 Å². The summed E-state index contributed by atoms with van der Waals surface area (Å²) in [5, 5.41) is 1.06. The molecule has 1 saturated carbocycles. The third kappa shape index (κ3) is 3.54. The largest absolute Gasteiger partial charge is 0.490 e. The molecule has 146 valence electrons. The van der Waals surface area contributed by atoms with E-state index in [-0.39, 0.29) is 12.1 Å².